The van der Waals surface area contributed by atoms with Gasteiger partial charge in [-0.25, -0.2) is 8.78 Å². The highest BCUT2D eigenvalue weighted by Crippen LogP contribution is 2.31. The van der Waals surface area contributed by atoms with Crippen molar-refractivity contribution in [2.24, 2.45) is 0 Å². The first kappa shape index (κ1) is 13.4. The minimum atomic E-state index is -0.566. The normalized spacial score (nSPS) is 17.4. The molecular weight excluding hydrogens is 276 g/mol. The summed E-state index contributed by atoms with van der Waals surface area (Å²) in [5.41, 5.74) is 7.31. The van der Waals surface area contributed by atoms with E-state index >= 15 is 0 Å². The predicted molar refractivity (Wildman–Crippen MR) is 75.9 cm³/mol. The van der Waals surface area contributed by atoms with E-state index in [4.69, 9.17) is 5.73 Å². The maximum absolute atomic E-state index is 13.4. The molecule has 1 atom stereocenters. The molecule has 0 saturated carbocycles. The second-order valence-electron chi connectivity index (χ2n) is 4.88. The van der Waals surface area contributed by atoms with Gasteiger partial charge in [0.1, 0.15) is 11.6 Å². The quantitative estimate of drug-likeness (QED) is 0.706. The molecule has 1 unspecified atom stereocenters. The molecular formula is C15H13F2N3O. The zero-order chi connectivity index (χ0) is 15.0. The van der Waals surface area contributed by atoms with Gasteiger partial charge in [0, 0.05) is 6.54 Å². The van der Waals surface area contributed by atoms with Gasteiger partial charge in [-0.15, -0.1) is 0 Å². The summed E-state index contributed by atoms with van der Waals surface area (Å²) in [6, 6.07) is 7.97. The number of nitrogen functional groups attached to an aromatic ring is 1. The summed E-state index contributed by atoms with van der Waals surface area (Å²) in [5.74, 6) is -1.30. The van der Waals surface area contributed by atoms with Gasteiger partial charge in [0.25, 0.3) is 5.91 Å². The van der Waals surface area contributed by atoms with Gasteiger partial charge in [0.15, 0.2) is 0 Å². The van der Waals surface area contributed by atoms with Crippen LogP contribution in [0.5, 0.6) is 0 Å². The van der Waals surface area contributed by atoms with Crippen LogP contribution in [0, 0.1) is 11.6 Å². The number of carbonyl (C=O) groups excluding carboxylic acids is 1. The average Bonchev–Trinajstić information content (AvgIpc) is 2.61. The van der Waals surface area contributed by atoms with Gasteiger partial charge in [-0.2, -0.15) is 0 Å². The summed E-state index contributed by atoms with van der Waals surface area (Å²) in [7, 11) is 0. The van der Waals surface area contributed by atoms with Gasteiger partial charge in [0.05, 0.1) is 23.0 Å². The zero-order valence-corrected chi connectivity index (χ0v) is 11.0. The van der Waals surface area contributed by atoms with E-state index in [1.807, 2.05) is 0 Å². The van der Waals surface area contributed by atoms with Crippen molar-refractivity contribution in [3.05, 3.63) is 59.2 Å². The van der Waals surface area contributed by atoms with Crippen molar-refractivity contribution < 1.29 is 13.6 Å². The molecule has 2 aromatic carbocycles. The molecule has 0 aliphatic carbocycles. The van der Waals surface area contributed by atoms with Crippen LogP contribution in [-0.4, -0.2) is 12.5 Å². The molecule has 3 rings (SSSR count). The number of nitrogens with two attached hydrogens (primary N) is 1. The first-order valence-corrected chi connectivity index (χ1v) is 6.44. The first-order chi connectivity index (χ1) is 10.0. The number of halogens is 2. The lowest BCUT2D eigenvalue weighted by atomic mass is 10.1. The monoisotopic (exact) mass is 289 g/mol. The number of hydrogen-bond donors (Lipinski definition) is 3. The fourth-order valence-electron chi connectivity index (χ4n) is 2.38. The maximum atomic E-state index is 13.4. The number of hydrogen-bond acceptors (Lipinski definition) is 3. The van der Waals surface area contributed by atoms with Crippen LogP contribution in [0.15, 0.2) is 36.4 Å². The Morgan fingerprint density at radius 3 is 2.52 bits per heavy atom. The van der Waals surface area contributed by atoms with Crippen LogP contribution in [0.2, 0.25) is 0 Å². The lowest BCUT2D eigenvalue weighted by molar-refractivity contribution is 0.0955. The highest BCUT2D eigenvalue weighted by molar-refractivity contribution is 6.03. The summed E-state index contributed by atoms with van der Waals surface area (Å²) in [6.07, 6.45) is 0. The van der Waals surface area contributed by atoms with Crippen molar-refractivity contribution in [3.63, 3.8) is 0 Å². The molecule has 21 heavy (non-hydrogen) atoms. The number of benzene rings is 2. The second kappa shape index (κ2) is 5.05. The summed E-state index contributed by atoms with van der Waals surface area (Å²) in [4.78, 5) is 12.0. The van der Waals surface area contributed by atoms with Crippen molar-refractivity contribution in [2.45, 2.75) is 6.04 Å². The molecule has 108 valence electrons. The minimum absolute atomic E-state index is 0.161. The maximum Gasteiger partial charge on any atom is 0.253 e. The smallest absolute Gasteiger partial charge is 0.253 e. The van der Waals surface area contributed by atoms with E-state index in [9.17, 15) is 13.6 Å². The zero-order valence-electron chi connectivity index (χ0n) is 11.0. The van der Waals surface area contributed by atoms with Crippen LogP contribution in [0.3, 0.4) is 0 Å². The fourth-order valence-corrected chi connectivity index (χ4v) is 2.38. The van der Waals surface area contributed by atoms with Crippen LogP contribution in [-0.2, 0) is 0 Å². The van der Waals surface area contributed by atoms with Crippen molar-refractivity contribution in [1.82, 2.24) is 5.32 Å². The van der Waals surface area contributed by atoms with E-state index < -0.39 is 11.7 Å². The fraction of sp³-hybridized carbons (Fsp3) is 0.133. The Bertz CT molecular complexity index is 701. The van der Waals surface area contributed by atoms with Crippen molar-refractivity contribution in [2.75, 3.05) is 17.6 Å². The topological polar surface area (TPSA) is 67.2 Å². The van der Waals surface area contributed by atoms with E-state index in [0.717, 1.165) is 17.7 Å². The third kappa shape index (κ3) is 2.52. The third-order valence-corrected chi connectivity index (χ3v) is 3.44. The molecule has 4 nitrogen and oxygen atoms in total. The molecule has 2 aromatic rings. The molecule has 0 saturated heterocycles. The molecule has 1 aliphatic heterocycles. The Balaban J connectivity index is 2.01. The standard InChI is InChI=1S/C15H13F2N3O/c16-9-3-1-8(2-4-9)13-7-19-15(21)11-5-10(17)6-12(18)14(11)20-13/h1-6,13,20H,7,18H2,(H,19,21). The van der Waals surface area contributed by atoms with Gasteiger partial charge < -0.3 is 16.4 Å². The van der Waals surface area contributed by atoms with E-state index in [0.29, 0.717) is 12.2 Å². The van der Waals surface area contributed by atoms with Crippen LogP contribution in [0.4, 0.5) is 20.2 Å². The van der Waals surface area contributed by atoms with Gasteiger partial charge in [-0.3, -0.25) is 4.79 Å². The number of anilines is 2. The molecule has 0 aromatic heterocycles. The van der Waals surface area contributed by atoms with Crippen LogP contribution in [0.25, 0.3) is 0 Å². The molecule has 0 bridgehead atoms. The van der Waals surface area contributed by atoms with E-state index in [2.05, 4.69) is 10.6 Å². The van der Waals surface area contributed by atoms with E-state index in [-0.39, 0.29) is 23.1 Å². The van der Waals surface area contributed by atoms with Crippen molar-refractivity contribution in [1.29, 1.82) is 0 Å². The molecule has 1 amide bonds. The van der Waals surface area contributed by atoms with Gasteiger partial charge in [-0.05, 0) is 29.8 Å². The number of nitrogens with one attached hydrogen (secondary N) is 2. The minimum Gasteiger partial charge on any atom is -0.397 e. The summed E-state index contributed by atoms with van der Waals surface area (Å²) >= 11 is 0. The first-order valence-electron chi connectivity index (χ1n) is 6.44. The Kier molecular flexibility index (Phi) is 3.21. The molecule has 4 N–H and O–H groups in total. The largest absolute Gasteiger partial charge is 0.397 e. The summed E-state index contributed by atoms with van der Waals surface area (Å²) in [6.45, 7) is 0.292. The van der Waals surface area contributed by atoms with Crippen molar-refractivity contribution >= 4 is 17.3 Å². The molecule has 1 heterocycles. The Morgan fingerprint density at radius 1 is 1.10 bits per heavy atom. The Labute approximate surface area is 120 Å². The van der Waals surface area contributed by atoms with Gasteiger partial charge >= 0.3 is 0 Å². The Hall–Kier alpha value is -2.63. The number of rotatable bonds is 1. The lowest BCUT2D eigenvalue weighted by Crippen LogP contribution is -2.27. The lowest BCUT2D eigenvalue weighted by Gasteiger charge is -2.19. The second-order valence-corrected chi connectivity index (χ2v) is 4.88. The van der Waals surface area contributed by atoms with Crippen molar-refractivity contribution in [3.8, 4) is 0 Å². The predicted octanol–water partition coefficient (Wildman–Crippen LogP) is 2.44. The van der Waals surface area contributed by atoms with Crippen LogP contribution in [0.1, 0.15) is 22.0 Å². The summed E-state index contributed by atoms with van der Waals surface area (Å²) in [5, 5.41) is 5.82. The number of carbonyl (C=O) groups is 1. The average molecular weight is 289 g/mol. The van der Waals surface area contributed by atoms with E-state index in [1.165, 1.54) is 12.1 Å². The SMILES string of the molecule is Nc1cc(F)cc2c1NC(c1ccc(F)cc1)CNC2=O. The molecule has 0 spiro atoms. The van der Waals surface area contributed by atoms with E-state index in [1.54, 1.807) is 12.1 Å². The highest BCUT2D eigenvalue weighted by Gasteiger charge is 2.24. The third-order valence-electron chi connectivity index (χ3n) is 3.44. The highest BCUT2D eigenvalue weighted by atomic mass is 19.1. The van der Waals surface area contributed by atoms with Crippen LogP contribution >= 0.6 is 0 Å². The Morgan fingerprint density at radius 2 is 1.81 bits per heavy atom. The van der Waals surface area contributed by atoms with Gasteiger partial charge in [0.2, 0.25) is 0 Å². The number of fused-ring (bicyclic) bond motifs is 1. The van der Waals surface area contributed by atoms with Crippen LogP contribution < -0.4 is 16.4 Å². The summed E-state index contributed by atoms with van der Waals surface area (Å²) < 4.78 is 26.4. The molecule has 1 aliphatic rings. The molecule has 0 radical (unpaired) electrons. The molecule has 0 fully saturated rings. The number of amides is 1. The van der Waals surface area contributed by atoms with Gasteiger partial charge in [-0.1, -0.05) is 12.1 Å². The molecule has 6 heteroatoms.